The second-order valence-corrected chi connectivity index (χ2v) is 3.80. The van der Waals surface area contributed by atoms with Crippen LogP contribution in [0.4, 0.5) is 0 Å². The van der Waals surface area contributed by atoms with E-state index >= 15 is 0 Å². The quantitative estimate of drug-likeness (QED) is 0.764. The monoisotopic (exact) mass is 219 g/mol. The first-order chi connectivity index (χ1) is 7.63. The van der Waals surface area contributed by atoms with E-state index in [1.807, 2.05) is 31.2 Å². The molecule has 1 rings (SSSR count). The lowest BCUT2D eigenvalue weighted by Crippen LogP contribution is -2.29. The second kappa shape index (κ2) is 5.53. The minimum atomic E-state index is -0.747. The number of benzene rings is 1. The predicted octanol–water partition coefficient (Wildman–Crippen LogP) is 2.56. The Labute approximate surface area is 96.6 Å². The van der Waals surface area contributed by atoms with Gasteiger partial charge in [0.2, 0.25) is 0 Å². The van der Waals surface area contributed by atoms with Crippen LogP contribution in [0, 0.1) is 11.3 Å². The minimum absolute atomic E-state index is 0.542. The lowest BCUT2D eigenvalue weighted by molar-refractivity contribution is 0.0203. The Morgan fingerprint density at radius 2 is 1.94 bits per heavy atom. The van der Waals surface area contributed by atoms with E-state index in [1.54, 1.807) is 14.0 Å². The number of methoxy groups -OCH3 is 1. The van der Waals surface area contributed by atoms with E-state index in [-0.39, 0.29) is 0 Å². The van der Waals surface area contributed by atoms with Gasteiger partial charge in [0, 0.05) is 13.0 Å². The molecule has 1 unspecified atom stereocenters. The van der Waals surface area contributed by atoms with Crippen LogP contribution in [-0.2, 0) is 11.2 Å². The molecule has 0 radical (unpaired) electrons. The number of hydrogen-bond donors (Lipinski definition) is 0. The van der Waals surface area contributed by atoms with E-state index in [1.165, 1.54) is 0 Å². The summed E-state index contributed by atoms with van der Waals surface area (Å²) >= 11 is 0. The predicted molar refractivity (Wildman–Crippen MR) is 62.3 cm³/mol. The standard InChI is InChI=1S/C13H17NO2/c1-4-16-13(2,10-14)9-11-5-7-12(15-3)8-6-11/h5-8H,4,9H2,1-3H3. The van der Waals surface area contributed by atoms with Crippen molar-refractivity contribution in [3.8, 4) is 11.8 Å². The minimum Gasteiger partial charge on any atom is -0.497 e. The van der Waals surface area contributed by atoms with Crippen molar-refractivity contribution in [1.82, 2.24) is 0 Å². The van der Waals surface area contributed by atoms with Crippen LogP contribution in [0.2, 0.25) is 0 Å². The SMILES string of the molecule is CCOC(C)(C#N)Cc1ccc(OC)cc1. The zero-order valence-corrected chi connectivity index (χ0v) is 9.99. The summed E-state index contributed by atoms with van der Waals surface area (Å²) in [6.07, 6.45) is 0.585. The highest BCUT2D eigenvalue weighted by Gasteiger charge is 2.24. The first kappa shape index (κ1) is 12.5. The van der Waals surface area contributed by atoms with Crippen molar-refractivity contribution in [3.63, 3.8) is 0 Å². The van der Waals surface area contributed by atoms with Crippen molar-refractivity contribution in [2.75, 3.05) is 13.7 Å². The Morgan fingerprint density at radius 1 is 1.31 bits per heavy atom. The van der Waals surface area contributed by atoms with Crippen LogP contribution in [-0.4, -0.2) is 19.3 Å². The van der Waals surface area contributed by atoms with E-state index in [2.05, 4.69) is 6.07 Å². The average molecular weight is 219 g/mol. The third-order valence-corrected chi connectivity index (χ3v) is 2.40. The molecule has 0 aliphatic rings. The molecular weight excluding hydrogens is 202 g/mol. The van der Waals surface area contributed by atoms with Crippen molar-refractivity contribution in [3.05, 3.63) is 29.8 Å². The number of nitriles is 1. The summed E-state index contributed by atoms with van der Waals surface area (Å²) in [5.41, 5.74) is 0.321. The number of nitrogens with zero attached hydrogens (tertiary/aromatic N) is 1. The molecule has 0 aromatic heterocycles. The molecule has 0 amide bonds. The summed E-state index contributed by atoms with van der Waals surface area (Å²) in [7, 11) is 1.63. The number of hydrogen-bond acceptors (Lipinski definition) is 3. The molecule has 16 heavy (non-hydrogen) atoms. The van der Waals surface area contributed by atoms with Gasteiger partial charge in [-0.3, -0.25) is 0 Å². The topological polar surface area (TPSA) is 42.2 Å². The summed E-state index contributed by atoms with van der Waals surface area (Å²) in [6, 6.07) is 9.88. The van der Waals surface area contributed by atoms with E-state index in [0.717, 1.165) is 11.3 Å². The normalized spacial score (nSPS) is 13.9. The average Bonchev–Trinajstić information content (AvgIpc) is 2.30. The molecule has 0 heterocycles. The van der Waals surface area contributed by atoms with Gasteiger partial charge in [0.1, 0.15) is 5.75 Å². The van der Waals surface area contributed by atoms with Crippen LogP contribution < -0.4 is 4.74 Å². The third kappa shape index (κ3) is 3.25. The van der Waals surface area contributed by atoms with Crippen LogP contribution in [0.15, 0.2) is 24.3 Å². The maximum absolute atomic E-state index is 9.08. The molecule has 0 N–H and O–H groups in total. The molecule has 1 atom stereocenters. The van der Waals surface area contributed by atoms with Gasteiger partial charge in [0.05, 0.1) is 13.2 Å². The molecule has 0 saturated heterocycles. The smallest absolute Gasteiger partial charge is 0.155 e. The number of ether oxygens (including phenoxy) is 2. The summed E-state index contributed by atoms with van der Waals surface area (Å²) < 4.78 is 10.5. The van der Waals surface area contributed by atoms with E-state index < -0.39 is 5.60 Å². The van der Waals surface area contributed by atoms with E-state index in [4.69, 9.17) is 14.7 Å². The van der Waals surface area contributed by atoms with Crippen LogP contribution in [0.25, 0.3) is 0 Å². The largest absolute Gasteiger partial charge is 0.497 e. The Bertz CT molecular complexity index is 367. The molecule has 0 spiro atoms. The molecule has 1 aromatic carbocycles. The van der Waals surface area contributed by atoms with Crippen LogP contribution in [0.5, 0.6) is 5.75 Å². The van der Waals surface area contributed by atoms with Gasteiger partial charge in [-0.1, -0.05) is 12.1 Å². The lowest BCUT2D eigenvalue weighted by atomic mass is 9.98. The molecule has 0 bridgehead atoms. The highest BCUT2D eigenvalue weighted by atomic mass is 16.5. The summed E-state index contributed by atoms with van der Waals surface area (Å²) in [4.78, 5) is 0. The molecule has 0 aliphatic carbocycles. The van der Waals surface area contributed by atoms with Crippen molar-refractivity contribution >= 4 is 0 Å². The first-order valence-corrected chi connectivity index (χ1v) is 5.31. The number of rotatable bonds is 5. The molecule has 3 heteroatoms. The van der Waals surface area contributed by atoms with Crippen LogP contribution >= 0.6 is 0 Å². The zero-order valence-electron chi connectivity index (χ0n) is 9.99. The van der Waals surface area contributed by atoms with Crippen molar-refractivity contribution in [2.24, 2.45) is 0 Å². The highest BCUT2D eigenvalue weighted by molar-refractivity contribution is 5.29. The Balaban J connectivity index is 2.75. The van der Waals surface area contributed by atoms with E-state index in [0.29, 0.717) is 13.0 Å². The highest BCUT2D eigenvalue weighted by Crippen LogP contribution is 2.19. The molecule has 0 aliphatic heterocycles. The molecular formula is C13H17NO2. The fourth-order valence-corrected chi connectivity index (χ4v) is 1.57. The first-order valence-electron chi connectivity index (χ1n) is 5.31. The van der Waals surface area contributed by atoms with Gasteiger partial charge in [0.25, 0.3) is 0 Å². The van der Waals surface area contributed by atoms with Crippen LogP contribution in [0.3, 0.4) is 0 Å². The van der Waals surface area contributed by atoms with Crippen LogP contribution in [0.1, 0.15) is 19.4 Å². The Hall–Kier alpha value is -1.53. The van der Waals surface area contributed by atoms with Crippen molar-refractivity contribution in [1.29, 1.82) is 5.26 Å². The molecule has 0 saturated carbocycles. The maximum Gasteiger partial charge on any atom is 0.155 e. The van der Waals surface area contributed by atoms with Gasteiger partial charge < -0.3 is 9.47 Å². The van der Waals surface area contributed by atoms with Gasteiger partial charge in [-0.2, -0.15) is 5.26 Å². The van der Waals surface area contributed by atoms with Gasteiger partial charge in [0.15, 0.2) is 5.60 Å². The fraction of sp³-hybridized carbons (Fsp3) is 0.462. The van der Waals surface area contributed by atoms with Gasteiger partial charge in [-0.25, -0.2) is 0 Å². The summed E-state index contributed by atoms with van der Waals surface area (Å²) in [6.45, 7) is 4.24. The van der Waals surface area contributed by atoms with Crippen molar-refractivity contribution < 1.29 is 9.47 Å². The Kier molecular flexibility index (Phi) is 4.33. The maximum atomic E-state index is 9.08. The molecule has 0 fully saturated rings. The van der Waals surface area contributed by atoms with Gasteiger partial charge in [-0.05, 0) is 31.5 Å². The summed E-state index contributed by atoms with van der Waals surface area (Å²) in [5.74, 6) is 0.818. The second-order valence-electron chi connectivity index (χ2n) is 3.80. The lowest BCUT2D eigenvalue weighted by Gasteiger charge is -2.21. The fourth-order valence-electron chi connectivity index (χ4n) is 1.57. The van der Waals surface area contributed by atoms with Gasteiger partial charge >= 0.3 is 0 Å². The zero-order chi connectivity index (χ0) is 12.0. The van der Waals surface area contributed by atoms with E-state index in [9.17, 15) is 0 Å². The van der Waals surface area contributed by atoms with Crippen molar-refractivity contribution in [2.45, 2.75) is 25.9 Å². The third-order valence-electron chi connectivity index (χ3n) is 2.40. The molecule has 1 aromatic rings. The molecule has 86 valence electrons. The van der Waals surface area contributed by atoms with Gasteiger partial charge in [-0.15, -0.1) is 0 Å². The Morgan fingerprint density at radius 3 is 2.38 bits per heavy atom. The molecule has 3 nitrogen and oxygen atoms in total. The summed E-state index contributed by atoms with van der Waals surface area (Å²) in [5, 5.41) is 9.08.